The van der Waals surface area contributed by atoms with E-state index in [1.54, 1.807) is 0 Å². The minimum Gasteiger partial charge on any atom is -0.369 e. The molecule has 1 aromatic heterocycles. The average Bonchev–Trinajstić information content (AvgIpc) is 3.06. The Hall–Kier alpha value is -2.95. The number of H-pyrrole nitrogens is 1. The largest absolute Gasteiger partial charge is 0.369 e. The van der Waals surface area contributed by atoms with E-state index < -0.39 is 22.8 Å². The van der Waals surface area contributed by atoms with Gasteiger partial charge in [-0.15, -0.1) is 5.10 Å². The zero-order valence-corrected chi connectivity index (χ0v) is 14.9. The van der Waals surface area contributed by atoms with E-state index in [1.165, 1.54) is 24.3 Å². The van der Waals surface area contributed by atoms with Crippen LogP contribution in [0.3, 0.4) is 0 Å². The van der Waals surface area contributed by atoms with Gasteiger partial charge in [0.1, 0.15) is 5.82 Å². The molecule has 1 heterocycles. The number of hydrogen-bond donors (Lipinski definition) is 3. The van der Waals surface area contributed by atoms with Crippen LogP contribution >= 0.6 is 11.8 Å². The number of primary amides is 1. The zero-order chi connectivity index (χ0) is 19.3. The van der Waals surface area contributed by atoms with Crippen molar-refractivity contribution >= 4 is 29.3 Å². The van der Waals surface area contributed by atoms with Crippen LogP contribution in [0.25, 0.3) is 0 Å². The SMILES string of the molecule is CC(C)[C@@H](NC(=O)c1cccc([N+](=O)[O-])c1)c1nc(SCC(N)=O)n[nH]1. The Morgan fingerprint density at radius 3 is 2.77 bits per heavy atom. The van der Waals surface area contributed by atoms with Gasteiger partial charge in [0.2, 0.25) is 11.1 Å². The molecule has 2 aromatic rings. The number of amides is 2. The number of carbonyl (C=O) groups excluding carboxylic acids is 2. The molecule has 2 amide bonds. The van der Waals surface area contributed by atoms with Crippen LogP contribution in [0.2, 0.25) is 0 Å². The normalized spacial score (nSPS) is 12.0. The van der Waals surface area contributed by atoms with Crippen LogP contribution in [0.4, 0.5) is 5.69 Å². The van der Waals surface area contributed by atoms with Crippen molar-refractivity contribution in [2.45, 2.75) is 25.0 Å². The lowest BCUT2D eigenvalue weighted by atomic mass is 10.0. The molecule has 11 heteroatoms. The molecule has 0 saturated carbocycles. The van der Waals surface area contributed by atoms with E-state index in [2.05, 4.69) is 20.5 Å². The summed E-state index contributed by atoms with van der Waals surface area (Å²) in [5, 5.41) is 20.7. The predicted octanol–water partition coefficient (Wildman–Crippen LogP) is 1.42. The van der Waals surface area contributed by atoms with Gasteiger partial charge in [-0.25, -0.2) is 4.98 Å². The first kappa shape index (κ1) is 19.4. The van der Waals surface area contributed by atoms with E-state index >= 15 is 0 Å². The second-order valence-corrected chi connectivity index (χ2v) is 6.70. The van der Waals surface area contributed by atoms with Crippen molar-refractivity contribution in [1.29, 1.82) is 0 Å². The van der Waals surface area contributed by atoms with E-state index in [0.717, 1.165) is 11.8 Å². The van der Waals surface area contributed by atoms with Gasteiger partial charge in [0, 0.05) is 17.7 Å². The number of aromatic amines is 1. The fraction of sp³-hybridized carbons (Fsp3) is 0.333. The second-order valence-electron chi connectivity index (χ2n) is 5.76. The summed E-state index contributed by atoms with van der Waals surface area (Å²) in [5.74, 6) is -0.509. The van der Waals surface area contributed by atoms with Crippen LogP contribution in [0, 0.1) is 16.0 Å². The molecule has 138 valence electrons. The van der Waals surface area contributed by atoms with Crippen LogP contribution < -0.4 is 11.1 Å². The quantitative estimate of drug-likeness (QED) is 0.356. The molecule has 10 nitrogen and oxygen atoms in total. The summed E-state index contributed by atoms with van der Waals surface area (Å²) in [6.45, 7) is 3.77. The Morgan fingerprint density at radius 2 is 2.15 bits per heavy atom. The van der Waals surface area contributed by atoms with Crippen LogP contribution in [0.5, 0.6) is 0 Å². The molecular formula is C15H18N6O4S. The molecule has 4 N–H and O–H groups in total. The Kier molecular flexibility index (Phi) is 6.28. The molecule has 0 aliphatic carbocycles. The van der Waals surface area contributed by atoms with Crippen molar-refractivity contribution in [2.75, 3.05) is 5.75 Å². The number of nitrogens with zero attached hydrogens (tertiary/aromatic N) is 3. The third kappa shape index (κ3) is 5.02. The third-order valence-electron chi connectivity index (χ3n) is 3.39. The molecule has 1 atom stereocenters. The number of non-ortho nitro benzene ring substituents is 1. The van der Waals surface area contributed by atoms with Gasteiger partial charge >= 0.3 is 0 Å². The molecule has 0 saturated heterocycles. The lowest BCUT2D eigenvalue weighted by Gasteiger charge is -2.19. The highest BCUT2D eigenvalue weighted by Crippen LogP contribution is 2.22. The van der Waals surface area contributed by atoms with Gasteiger partial charge in [-0.1, -0.05) is 31.7 Å². The number of nitrogens with two attached hydrogens (primary N) is 1. The molecule has 0 spiro atoms. The highest BCUT2D eigenvalue weighted by Gasteiger charge is 2.23. The molecule has 2 rings (SSSR count). The molecule has 0 radical (unpaired) electrons. The first-order chi connectivity index (χ1) is 12.3. The maximum absolute atomic E-state index is 12.5. The van der Waals surface area contributed by atoms with E-state index in [4.69, 9.17) is 5.73 Å². The van der Waals surface area contributed by atoms with Crippen molar-refractivity contribution in [1.82, 2.24) is 20.5 Å². The number of hydrogen-bond acceptors (Lipinski definition) is 7. The Labute approximate surface area is 153 Å². The Bertz CT molecular complexity index is 822. The number of thioether (sulfide) groups is 1. The fourth-order valence-corrected chi connectivity index (χ4v) is 2.68. The van der Waals surface area contributed by atoms with Gasteiger partial charge in [0.15, 0.2) is 0 Å². The predicted molar refractivity (Wildman–Crippen MR) is 94.4 cm³/mol. The van der Waals surface area contributed by atoms with Gasteiger partial charge in [0.05, 0.1) is 16.7 Å². The summed E-state index contributed by atoms with van der Waals surface area (Å²) in [4.78, 5) is 37.9. The van der Waals surface area contributed by atoms with Crippen molar-refractivity contribution in [3.63, 3.8) is 0 Å². The van der Waals surface area contributed by atoms with Crippen molar-refractivity contribution in [3.05, 3.63) is 45.8 Å². The lowest BCUT2D eigenvalue weighted by molar-refractivity contribution is -0.384. The van der Waals surface area contributed by atoms with Crippen molar-refractivity contribution in [3.8, 4) is 0 Å². The van der Waals surface area contributed by atoms with Crippen LogP contribution in [-0.2, 0) is 4.79 Å². The van der Waals surface area contributed by atoms with E-state index in [9.17, 15) is 19.7 Å². The van der Waals surface area contributed by atoms with Crippen LogP contribution in [0.15, 0.2) is 29.4 Å². The van der Waals surface area contributed by atoms with Crippen LogP contribution in [0.1, 0.15) is 36.1 Å². The summed E-state index contributed by atoms with van der Waals surface area (Å²) in [6.07, 6.45) is 0. The number of benzene rings is 1. The number of nitro groups is 1. The molecule has 0 aliphatic rings. The zero-order valence-electron chi connectivity index (χ0n) is 14.1. The summed E-state index contributed by atoms with van der Waals surface area (Å²) in [5.41, 5.74) is 5.10. The standard InChI is InChI=1S/C15H18N6O4S/c1-8(2)12(13-18-15(20-19-13)26-7-11(16)22)17-14(23)9-4-3-5-10(6-9)21(24)25/h3-6,8,12H,7H2,1-2H3,(H2,16,22)(H,17,23)(H,18,19,20)/t12-/m1/s1. The number of rotatable bonds is 8. The summed E-state index contributed by atoms with van der Waals surface area (Å²) >= 11 is 1.08. The fourth-order valence-electron chi connectivity index (χ4n) is 2.13. The molecule has 0 unspecified atom stereocenters. The number of nitro benzene ring substituents is 1. The summed E-state index contributed by atoms with van der Waals surface area (Å²) in [6, 6.07) is 4.98. The summed E-state index contributed by atoms with van der Waals surface area (Å²) in [7, 11) is 0. The molecule has 0 bridgehead atoms. The van der Waals surface area contributed by atoms with Gasteiger partial charge < -0.3 is 11.1 Å². The number of aromatic nitrogens is 3. The number of nitrogens with one attached hydrogen (secondary N) is 2. The second kappa shape index (κ2) is 8.43. The minimum absolute atomic E-state index is 0.0282. The van der Waals surface area contributed by atoms with Crippen LogP contribution in [-0.4, -0.2) is 37.7 Å². The minimum atomic E-state index is -0.560. The Morgan fingerprint density at radius 1 is 1.42 bits per heavy atom. The first-order valence-corrected chi connectivity index (χ1v) is 8.65. The maximum Gasteiger partial charge on any atom is 0.270 e. The molecule has 0 aliphatic heterocycles. The summed E-state index contributed by atoms with van der Waals surface area (Å²) < 4.78 is 0. The smallest absolute Gasteiger partial charge is 0.270 e. The van der Waals surface area contributed by atoms with Crippen molar-refractivity contribution < 1.29 is 14.5 Å². The first-order valence-electron chi connectivity index (χ1n) is 7.66. The van der Waals surface area contributed by atoms with Gasteiger partial charge in [-0.2, -0.15) is 0 Å². The lowest BCUT2D eigenvalue weighted by Crippen LogP contribution is -2.32. The van der Waals surface area contributed by atoms with Gasteiger partial charge in [-0.05, 0) is 12.0 Å². The molecular weight excluding hydrogens is 360 g/mol. The van der Waals surface area contributed by atoms with Crippen molar-refractivity contribution in [2.24, 2.45) is 11.7 Å². The number of carbonyl (C=O) groups is 2. The Balaban J connectivity index is 2.15. The highest BCUT2D eigenvalue weighted by molar-refractivity contribution is 7.99. The molecule has 0 fully saturated rings. The molecule has 1 aromatic carbocycles. The average molecular weight is 378 g/mol. The monoisotopic (exact) mass is 378 g/mol. The third-order valence-corrected chi connectivity index (χ3v) is 4.26. The highest BCUT2D eigenvalue weighted by atomic mass is 32.2. The van der Waals surface area contributed by atoms with E-state index in [-0.39, 0.29) is 22.9 Å². The van der Waals surface area contributed by atoms with E-state index in [1.807, 2.05) is 13.8 Å². The topological polar surface area (TPSA) is 157 Å². The maximum atomic E-state index is 12.5. The van der Waals surface area contributed by atoms with Gasteiger partial charge in [0.25, 0.3) is 11.6 Å². The van der Waals surface area contributed by atoms with E-state index in [0.29, 0.717) is 11.0 Å². The van der Waals surface area contributed by atoms with Gasteiger partial charge in [-0.3, -0.25) is 24.8 Å². The molecule has 26 heavy (non-hydrogen) atoms.